The van der Waals surface area contributed by atoms with Crippen LogP contribution in [-0.4, -0.2) is 58.0 Å². The van der Waals surface area contributed by atoms with E-state index in [1.165, 1.54) is 12.8 Å². The number of nitrogens with zero attached hydrogens (tertiary/aromatic N) is 3. The molecule has 0 atom stereocenters. The van der Waals surface area contributed by atoms with Crippen molar-refractivity contribution in [1.82, 2.24) is 14.5 Å². The smallest absolute Gasteiger partial charge is 0.253 e. The van der Waals surface area contributed by atoms with E-state index < -0.39 is 5.60 Å². The normalized spacial score (nSPS) is 25.2. The summed E-state index contributed by atoms with van der Waals surface area (Å²) in [6.07, 6.45) is 7.71. The fraction of sp³-hybridized carbons (Fsp3) is 0.789. The van der Waals surface area contributed by atoms with Gasteiger partial charge >= 0.3 is 0 Å². The summed E-state index contributed by atoms with van der Waals surface area (Å²) in [6, 6.07) is 1.73. The van der Waals surface area contributed by atoms with E-state index in [4.69, 9.17) is 4.74 Å². The highest BCUT2D eigenvalue weighted by molar-refractivity contribution is 5.12. The summed E-state index contributed by atoms with van der Waals surface area (Å²) in [7, 11) is 0. The van der Waals surface area contributed by atoms with Crippen molar-refractivity contribution in [2.24, 2.45) is 5.92 Å². The van der Waals surface area contributed by atoms with Gasteiger partial charge in [0, 0.05) is 51.1 Å². The van der Waals surface area contributed by atoms with E-state index in [9.17, 15) is 9.90 Å². The van der Waals surface area contributed by atoms with Crippen molar-refractivity contribution in [3.63, 3.8) is 0 Å². The predicted molar refractivity (Wildman–Crippen MR) is 94.6 cm³/mol. The SMILES string of the molecule is O=c1cc(C2CC2)ncn1CC1CCN(CC2(O)CCOCC2)CC1. The molecule has 0 aromatic carbocycles. The third kappa shape index (κ3) is 4.30. The second-order valence-electron chi connectivity index (χ2n) is 8.13. The molecule has 138 valence electrons. The minimum absolute atomic E-state index is 0.0934. The minimum atomic E-state index is -0.579. The van der Waals surface area contributed by atoms with Crippen LogP contribution in [0, 0.1) is 5.92 Å². The van der Waals surface area contributed by atoms with Crippen LogP contribution in [0.5, 0.6) is 0 Å². The van der Waals surface area contributed by atoms with E-state index >= 15 is 0 Å². The molecule has 1 saturated carbocycles. The van der Waals surface area contributed by atoms with Gasteiger partial charge in [0.1, 0.15) is 0 Å². The van der Waals surface area contributed by atoms with Crippen molar-refractivity contribution >= 4 is 0 Å². The molecule has 6 nitrogen and oxygen atoms in total. The van der Waals surface area contributed by atoms with Crippen molar-refractivity contribution in [3.8, 4) is 0 Å². The minimum Gasteiger partial charge on any atom is -0.388 e. The molecule has 2 saturated heterocycles. The Labute approximate surface area is 148 Å². The zero-order valence-electron chi connectivity index (χ0n) is 14.9. The van der Waals surface area contributed by atoms with E-state index in [2.05, 4.69) is 9.88 Å². The fourth-order valence-corrected chi connectivity index (χ4v) is 4.11. The Morgan fingerprint density at radius 1 is 1.20 bits per heavy atom. The van der Waals surface area contributed by atoms with Gasteiger partial charge in [-0.05, 0) is 44.7 Å². The van der Waals surface area contributed by atoms with Crippen LogP contribution in [-0.2, 0) is 11.3 Å². The molecule has 3 fully saturated rings. The number of β-amino-alcohol motifs (C(OH)–C–C–N with tert-alkyl or cyclic N) is 1. The second kappa shape index (κ2) is 7.17. The van der Waals surface area contributed by atoms with Crippen LogP contribution in [0.25, 0.3) is 0 Å². The average molecular weight is 347 g/mol. The summed E-state index contributed by atoms with van der Waals surface area (Å²) in [6.45, 7) is 4.84. The second-order valence-corrected chi connectivity index (χ2v) is 8.13. The van der Waals surface area contributed by atoms with Gasteiger partial charge < -0.3 is 14.7 Å². The van der Waals surface area contributed by atoms with E-state index in [1.807, 2.05) is 0 Å². The number of hydrogen-bond acceptors (Lipinski definition) is 5. The van der Waals surface area contributed by atoms with Gasteiger partial charge in [0.2, 0.25) is 0 Å². The van der Waals surface area contributed by atoms with Crippen molar-refractivity contribution in [2.45, 2.75) is 56.6 Å². The topological polar surface area (TPSA) is 67.6 Å². The van der Waals surface area contributed by atoms with E-state index in [-0.39, 0.29) is 5.56 Å². The molecule has 4 rings (SSSR count). The molecule has 1 N–H and O–H groups in total. The highest BCUT2D eigenvalue weighted by Crippen LogP contribution is 2.38. The zero-order valence-corrected chi connectivity index (χ0v) is 14.9. The number of likely N-dealkylation sites (tertiary alicyclic amines) is 1. The molecule has 0 unspecified atom stereocenters. The Morgan fingerprint density at radius 2 is 1.92 bits per heavy atom. The van der Waals surface area contributed by atoms with Crippen molar-refractivity contribution < 1.29 is 9.84 Å². The Hall–Kier alpha value is -1.24. The molecule has 2 aliphatic heterocycles. The van der Waals surface area contributed by atoms with Gasteiger partial charge in [-0.15, -0.1) is 0 Å². The van der Waals surface area contributed by atoms with E-state index in [1.54, 1.807) is 17.0 Å². The van der Waals surface area contributed by atoms with Crippen LogP contribution in [0.3, 0.4) is 0 Å². The zero-order chi connectivity index (χ0) is 17.3. The number of rotatable bonds is 5. The standard InChI is InChI=1S/C19H29N3O3/c23-18-11-17(16-1-2-16)20-14-22(18)12-15-3-7-21(8-4-15)13-19(24)5-9-25-10-6-19/h11,14-16,24H,1-10,12-13H2. The quantitative estimate of drug-likeness (QED) is 0.871. The first kappa shape index (κ1) is 17.2. The highest BCUT2D eigenvalue weighted by atomic mass is 16.5. The molecule has 3 heterocycles. The molecular formula is C19H29N3O3. The van der Waals surface area contributed by atoms with Crippen LogP contribution >= 0.6 is 0 Å². The molecule has 1 aromatic heterocycles. The summed E-state index contributed by atoms with van der Waals surface area (Å²) in [5.41, 5.74) is 0.488. The average Bonchev–Trinajstić information content (AvgIpc) is 3.44. The number of aromatic nitrogens is 2. The van der Waals surface area contributed by atoms with Crippen LogP contribution in [0.15, 0.2) is 17.2 Å². The molecule has 0 spiro atoms. The van der Waals surface area contributed by atoms with E-state index in [0.717, 1.165) is 57.6 Å². The highest BCUT2D eigenvalue weighted by Gasteiger charge is 2.33. The Bertz CT molecular complexity index is 642. The lowest BCUT2D eigenvalue weighted by Gasteiger charge is -2.39. The summed E-state index contributed by atoms with van der Waals surface area (Å²) in [4.78, 5) is 19.1. The maximum Gasteiger partial charge on any atom is 0.253 e. The lowest BCUT2D eigenvalue weighted by molar-refractivity contribution is -0.0831. The van der Waals surface area contributed by atoms with Crippen LogP contribution in [0.2, 0.25) is 0 Å². The molecule has 1 aromatic rings. The number of hydrogen-bond donors (Lipinski definition) is 1. The van der Waals surface area contributed by atoms with Gasteiger partial charge in [0.05, 0.1) is 17.6 Å². The maximum atomic E-state index is 12.3. The summed E-state index contributed by atoms with van der Waals surface area (Å²) < 4.78 is 7.13. The van der Waals surface area contributed by atoms with Gasteiger partial charge in [-0.25, -0.2) is 4.98 Å². The lowest BCUT2D eigenvalue weighted by atomic mass is 9.91. The van der Waals surface area contributed by atoms with Gasteiger partial charge in [-0.1, -0.05) is 0 Å². The first-order chi connectivity index (χ1) is 12.1. The summed E-state index contributed by atoms with van der Waals surface area (Å²) in [5, 5.41) is 10.7. The predicted octanol–water partition coefficient (Wildman–Crippen LogP) is 1.37. The molecule has 0 radical (unpaired) electrons. The number of ether oxygens (including phenoxy) is 1. The van der Waals surface area contributed by atoms with Gasteiger partial charge in [0.25, 0.3) is 5.56 Å². The summed E-state index contributed by atoms with van der Waals surface area (Å²) in [5.74, 6) is 1.05. The number of piperidine rings is 1. The molecule has 6 heteroatoms. The van der Waals surface area contributed by atoms with Gasteiger partial charge in [0.15, 0.2) is 0 Å². The Morgan fingerprint density at radius 3 is 2.56 bits per heavy atom. The van der Waals surface area contributed by atoms with Crippen LogP contribution < -0.4 is 5.56 Å². The molecule has 3 aliphatic rings. The maximum absolute atomic E-state index is 12.3. The molecule has 0 amide bonds. The Kier molecular flexibility index (Phi) is 4.93. The van der Waals surface area contributed by atoms with E-state index in [0.29, 0.717) is 25.0 Å². The van der Waals surface area contributed by atoms with Crippen LogP contribution in [0.1, 0.15) is 50.1 Å². The first-order valence-corrected chi connectivity index (χ1v) is 9.70. The van der Waals surface area contributed by atoms with Gasteiger partial charge in [-0.2, -0.15) is 0 Å². The van der Waals surface area contributed by atoms with Crippen molar-refractivity contribution in [3.05, 3.63) is 28.4 Å². The monoisotopic (exact) mass is 347 g/mol. The molecular weight excluding hydrogens is 318 g/mol. The van der Waals surface area contributed by atoms with Crippen LogP contribution in [0.4, 0.5) is 0 Å². The molecule has 1 aliphatic carbocycles. The summed E-state index contributed by atoms with van der Waals surface area (Å²) >= 11 is 0. The third-order valence-electron chi connectivity index (χ3n) is 6.00. The van der Waals surface area contributed by atoms with Gasteiger partial charge in [-0.3, -0.25) is 9.36 Å². The molecule has 25 heavy (non-hydrogen) atoms. The first-order valence-electron chi connectivity index (χ1n) is 9.70. The fourth-order valence-electron chi connectivity index (χ4n) is 4.11. The van der Waals surface area contributed by atoms with Crippen molar-refractivity contribution in [1.29, 1.82) is 0 Å². The van der Waals surface area contributed by atoms with Crippen molar-refractivity contribution in [2.75, 3.05) is 32.8 Å². The molecule has 0 bridgehead atoms. The lowest BCUT2D eigenvalue weighted by Crippen LogP contribution is -2.49. The Balaban J connectivity index is 1.28. The third-order valence-corrected chi connectivity index (χ3v) is 6.00. The largest absolute Gasteiger partial charge is 0.388 e. The number of aliphatic hydroxyl groups is 1.